The van der Waals surface area contributed by atoms with Crippen LogP contribution in [0.2, 0.25) is 0 Å². The molecule has 1 N–H and O–H groups in total. The standard InChI is InChI=1S/C20H19N5O4/c1-2-29-15-10-8-13(9-11-15)21-16(26)12-24-18-17(22-23-24)19(27)25(20(18)28)14-6-4-3-5-7-14/h3-11,17-18H,2,12H2,1H3,(H,21,26)/t17-,18+/m1/s1. The Morgan fingerprint density at radius 3 is 2.48 bits per heavy atom. The molecule has 4 rings (SSSR count). The van der Waals surface area contributed by atoms with E-state index in [-0.39, 0.29) is 12.5 Å². The number of ether oxygens (including phenoxy) is 1. The van der Waals surface area contributed by atoms with E-state index < -0.39 is 23.9 Å². The number of rotatable bonds is 6. The van der Waals surface area contributed by atoms with E-state index in [1.165, 1.54) is 5.01 Å². The van der Waals surface area contributed by atoms with Crippen LogP contribution in [0.5, 0.6) is 5.75 Å². The minimum Gasteiger partial charge on any atom is -0.494 e. The third-order valence-electron chi connectivity index (χ3n) is 4.63. The maximum Gasteiger partial charge on any atom is 0.263 e. The summed E-state index contributed by atoms with van der Waals surface area (Å²) in [5.41, 5.74) is 1.07. The summed E-state index contributed by atoms with van der Waals surface area (Å²) in [6, 6.07) is 13.7. The first-order valence-electron chi connectivity index (χ1n) is 9.21. The number of hydrogen-bond acceptors (Lipinski definition) is 7. The van der Waals surface area contributed by atoms with Gasteiger partial charge in [0.05, 0.1) is 12.3 Å². The van der Waals surface area contributed by atoms with Gasteiger partial charge in [-0.25, -0.2) is 4.90 Å². The van der Waals surface area contributed by atoms with Crippen molar-refractivity contribution in [2.45, 2.75) is 19.0 Å². The summed E-state index contributed by atoms with van der Waals surface area (Å²) in [5.74, 6) is -0.542. The highest BCUT2D eigenvalue weighted by molar-refractivity contribution is 6.25. The molecule has 3 amide bonds. The number of fused-ring (bicyclic) bond motifs is 1. The van der Waals surface area contributed by atoms with Gasteiger partial charge in [-0.2, -0.15) is 5.11 Å². The van der Waals surface area contributed by atoms with Gasteiger partial charge in [0.1, 0.15) is 12.3 Å². The molecule has 2 aliphatic rings. The van der Waals surface area contributed by atoms with Gasteiger partial charge in [0.15, 0.2) is 12.1 Å². The average Bonchev–Trinajstić information content (AvgIpc) is 3.24. The number of benzene rings is 2. The summed E-state index contributed by atoms with van der Waals surface area (Å²) < 4.78 is 5.37. The Hall–Kier alpha value is -3.75. The quantitative estimate of drug-likeness (QED) is 0.756. The fourth-order valence-corrected chi connectivity index (χ4v) is 3.33. The van der Waals surface area contributed by atoms with Gasteiger partial charge in [0, 0.05) is 5.69 Å². The predicted molar refractivity (Wildman–Crippen MR) is 104 cm³/mol. The van der Waals surface area contributed by atoms with Crippen molar-refractivity contribution in [2.24, 2.45) is 10.3 Å². The molecule has 0 spiro atoms. The number of para-hydroxylation sites is 1. The molecular formula is C20H19N5O4. The molecule has 0 unspecified atom stereocenters. The van der Waals surface area contributed by atoms with Crippen molar-refractivity contribution in [1.29, 1.82) is 0 Å². The second kappa shape index (κ2) is 7.70. The van der Waals surface area contributed by atoms with Crippen LogP contribution in [0.25, 0.3) is 0 Å². The molecule has 2 heterocycles. The minimum atomic E-state index is -0.930. The number of nitrogens with zero attached hydrogens (tertiary/aromatic N) is 4. The summed E-state index contributed by atoms with van der Waals surface area (Å²) in [5, 5.41) is 11.8. The van der Waals surface area contributed by atoms with Gasteiger partial charge in [0.25, 0.3) is 11.8 Å². The lowest BCUT2D eigenvalue weighted by Gasteiger charge is -2.20. The Balaban J connectivity index is 1.42. The zero-order chi connectivity index (χ0) is 20.4. The Kier molecular flexibility index (Phi) is 4.94. The summed E-state index contributed by atoms with van der Waals surface area (Å²) in [4.78, 5) is 39.0. The predicted octanol–water partition coefficient (Wildman–Crippen LogP) is 2.02. The first-order valence-corrected chi connectivity index (χ1v) is 9.21. The van der Waals surface area contributed by atoms with Gasteiger partial charge in [0.2, 0.25) is 5.91 Å². The van der Waals surface area contributed by atoms with Crippen molar-refractivity contribution < 1.29 is 19.1 Å². The monoisotopic (exact) mass is 393 g/mol. The number of carbonyl (C=O) groups excluding carboxylic acids is 3. The molecule has 2 atom stereocenters. The van der Waals surface area contributed by atoms with Crippen LogP contribution in [0.3, 0.4) is 0 Å². The van der Waals surface area contributed by atoms with E-state index >= 15 is 0 Å². The smallest absolute Gasteiger partial charge is 0.263 e. The highest BCUT2D eigenvalue weighted by Gasteiger charge is 2.55. The molecule has 0 aromatic heterocycles. The molecule has 9 heteroatoms. The third-order valence-corrected chi connectivity index (χ3v) is 4.63. The van der Waals surface area contributed by atoms with Crippen molar-refractivity contribution in [3.63, 3.8) is 0 Å². The molecule has 0 aliphatic carbocycles. The molecule has 0 bridgehead atoms. The van der Waals surface area contributed by atoms with Gasteiger partial charge >= 0.3 is 0 Å². The van der Waals surface area contributed by atoms with Crippen LogP contribution < -0.4 is 15.0 Å². The van der Waals surface area contributed by atoms with E-state index in [1.807, 2.05) is 6.92 Å². The Labute approximate surface area is 166 Å². The molecule has 9 nitrogen and oxygen atoms in total. The number of imide groups is 1. The lowest BCUT2D eigenvalue weighted by Crippen LogP contribution is -2.43. The number of carbonyl (C=O) groups is 3. The van der Waals surface area contributed by atoms with Crippen molar-refractivity contribution in [3.05, 3.63) is 54.6 Å². The van der Waals surface area contributed by atoms with Gasteiger partial charge in [-0.15, -0.1) is 0 Å². The SMILES string of the molecule is CCOc1ccc(NC(=O)CN2N=N[C@H]3C(=O)N(c4ccccc4)C(=O)[C@H]32)cc1. The molecule has 2 aliphatic heterocycles. The highest BCUT2D eigenvalue weighted by Crippen LogP contribution is 2.31. The third kappa shape index (κ3) is 3.54. The van der Waals surface area contributed by atoms with E-state index in [0.29, 0.717) is 23.7 Å². The van der Waals surface area contributed by atoms with E-state index in [2.05, 4.69) is 15.7 Å². The summed E-state index contributed by atoms with van der Waals surface area (Å²) in [6.07, 6.45) is 0. The molecule has 148 valence electrons. The lowest BCUT2D eigenvalue weighted by molar-refractivity contribution is -0.123. The van der Waals surface area contributed by atoms with E-state index in [0.717, 1.165) is 4.90 Å². The van der Waals surface area contributed by atoms with Crippen LogP contribution in [-0.4, -0.2) is 48.0 Å². The number of hydrogen-bond donors (Lipinski definition) is 1. The molecule has 2 aromatic carbocycles. The molecule has 0 saturated carbocycles. The van der Waals surface area contributed by atoms with Crippen molar-refractivity contribution in [1.82, 2.24) is 5.01 Å². The molecular weight excluding hydrogens is 374 g/mol. The maximum atomic E-state index is 12.8. The van der Waals surface area contributed by atoms with Crippen LogP contribution in [0.4, 0.5) is 11.4 Å². The van der Waals surface area contributed by atoms with Gasteiger partial charge < -0.3 is 10.1 Å². The van der Waals surface area contributed by atoms with Crippen LogP contribution in [0.15, 0.2) is 64.9 Å². The van der Waals surface area contributed by atoms with Crippen molar-refractivity contribution >= 4 is 29.1 Å². The fourth-order valence-electron chi connectivity index (χ4n) is 3.33. The summed E-state index contributed by atoms with van der Waals surface area (Å²) in [6.45, 7) is 2.25. The molecule has 0 radical (unpaired) electrons. The lowest BCUT2D eigenvalue weighted by atomic mass is 10.1. The van der Waals surface area contributed by atoms with Gasteiger partial charge in [-0.05, 0) is 43.3 Å². The Bertz CT molecular complexity index is 961. The molecule has 2 aromatic rings. The Morgan fingerprint density at radius 1 is 1.07 bits per heavy atom. The highest BCUT2D eigenvalue weighted by atomic mass is 16.5. The van der Waals surface area contributed by atoms with E-state index in [1.54, 1.807) is 54.6 Å². The largest absolute Gasteiger partial charge is 0.494 e. The first-order chi connectivity index (χ1) is 14.1. The number of nitrogens with one attached hydrogen (secondary N) is 1. The van der Waals surface area contributed by atoms with Crippen molar-refractivity contribution in [3.8, 4) is 5.75 Å². The fraction of sp³-hybridized carbons (Fsp3) is 0.250. The average molecular weight is 393 g/mol. The van der Waals surface area contributed by atoms with Crippen LogP contribution in [-0.2, 0) is 14.4 Å². The van der Waals surface area contributed by atoms with Gasteiger partial charge in [-0.3, -0.25) is 19.4 Å². The Morgan fingerprint density at radius 2 is 1.79 bits per heavy atom. The zero-order valence-electron chi connectivity index (χ0n) is 15.7. The molecule has 1 fully saturated rings. The van der Waals surface area contributed by atoms with Gasteiger partial charge in [-0.1, -0.05) is 23.4 Å². The number of anilines is 2. The van der Waals surface area contributed by atoms with Crippen molar-refractivity contribution in [2.75, 3.05) is 23.4 Å². The first kappa shape index (κ1) is 18.6. The minimum absolute atomic E-state index is 0.195. The van der Waals surface area contributed by atoms with Crippen LogP contribution in [0, 0.1) is 0 Å². The van der Waals surface area contributed by atoms with E-state index in [9.17, 15) is 14.4 Å². The van der Waals surface area contributed by atoms with E-state index in [4.69, 9.17) is 4.74 Å². The normalized spacial score (nSPS) is 20.2. The van der Waals surface area contributed by atoms with Crippen LogP contribution in [0.1, 0.15) is 6.92 Å². The number of amides is 3. The summed E-state index contributed by atoms with van der Waals surface area (Å²) in [7, 11) is 0. The maximum absolute atomic E-state index is 12.8. The van der Waals surface area contributed by atoms with Crippen LogP contribution >= 0.6 is 0 Å². The molecule has 1 saturated heterocycles. The second-order valence-electron chi connectivity index (χ2n) is 6.55. The second-order valence-corrected chi connectivity index (χ2v) is 6.55. The summed E-state index contributed by atoms with van der Waals surface area (Å²) >= 11 is 0. The molecule has 29 heavy (non-hydrogen) atoms. The topological polar surface area (TPSA) is 104 Å². The zero-order valence-corrected chi connectivity index (χ0v) is 15.7.